The standard InChI is InChI=1S/C26H28F2N4O4/c1-2-3-15-6-9-20-23-22(24(34)29-11-14-4-5-14)17(13-33)21(12-31(20)25(15)35)32(23)26(36)30-19-10-16(27)7-8-18(19)28/h2-3,6-10,14,17,21-23,33H,4-5,11-13H2,1H3,(H,29,34)(H,30,36)/b3-2-/t17-,21-,22+,23+/m0/s1. The number of urea groups is 1. The molecule has 0 spiro atoms. The summed E-state index contributed by atoms with van der Waals surface area (Å²) in [4.78, 5) is 41.5. The fraction of sp³-hybridized carbons (Fsp3) is 0.423. The molecule has 1 saturated heterocycles. The van der Waals surface area contributed by atoms with Crippen molar-refractivity contribution in [3.05, 3.63) is 69.7 Å². The number of hydrogen-bond acceptors (Lipinski definition) is 4. The molecule has 3 N–H and O–H groups in total. The molecule has 8 nitrogen and oxygen atoms in total. The molecule has 2 aromatic rings. The Balaban J connectivity index is 1.56. The molecule has 0 unspecified atom stereocenters. The zero-order chi connectivity index (χ0) is 25.6. The maximum Gasteiger partial charge on any atom is 0.322 e. The van der Waals surface area contributed by atoms with Gasteiger partial charge in [0.25, 0.3) is 5.56 Å². The Morgan fingerprint density at radius 1 is 1.19 bits per heavy atom. The highest BCUT2D eigenvalue weighted by molar-refractivity contribution is 5.92. The first kappa shape index (κ1) is 24.2. The number of pyridine rings is 1. The van der Waals surface area contributed by atoms with Crippen LogP contribution in [0, 0.1) is 29.4 Å². The number of nitrogens with zero attached hydrogens (tertiary/aromatic N) is 2. The Bertz CT molecular complexity index is 1290. The molecule has 10 heteroatoms. The molecule has 190 valence electrons. The first-order valence-corrected chi connectivity index (χ1v) is 12.1. The number of amides is 3. The van der Waals surface area contributed by atoms with Crippen LogP contribution >= 0.6 is 0 Å². The zero-order valence-corrected chi connectivity index (χ0v) is 19.8. The van der Waals surface area contributed by atoms with Gasteiger partial charge in [-0.05, 0) is 49.9 Å². The average molecular weight is 499 g/mol. The highest BCUT2D eigenvalue weighted by Crippen LogP contribution is 2.48. The Kier molecular flexibility index (Phi) is 6.38. The number of nitrogens with one attached hydrogen (secondary N) is 2. The van der Waals surface area contributed by atoms with Crippen LogP contribution in [0.25, 0.3) is 6.08 Å². The minimum absolute atomic E-state index is 0.0622. The molecule has 5 rings (SSSR count). The van der Waals surface area contributed by atoms with E-state index in [0.29, 0.717) is 23.7 Å². The number of carbonyl (C=O) groups is 2. The number of carbonyl (C=O) groups excluding carboxylic acids is 2. The smallest absolute Gasteiger partial charge is 0.322 e. The maximum atomic E-state index is 14.3. The summed E-state index contributed by atoms with van der Waals surface area (Å²) in [7, 11) is 0. The van der Waals surface area contributed by atoms with Crippen LogP contribution in [0.4, 0.5) is 19.3 Å². The van der Waals surface area contributed by atoms with Crippen LogP contribution in [0.5, 0.6) is 0 Å². The van der Waals surface area contributed by atoms with Crippen LogP contribution in [0.2, 0.25) is 0 Å². The minimum Gasteiger partial charge on any atom is -0.396 e. The molecule has 0 radical (unpaired) electrons. The van der Waals surface area contributed by atoms with Gasteiger partial charge in [0.15, 0.2) is 0 Å². The quantitative estimate of drug-likeness (QED) is 0.570. The van der Waals surface area contributed by atoms with Crippen LogP contribution in [-0.2, 0) is 11.3 Å². The van der Waals surface area contributed by atoms with Crippen molar-refractivity contribution < 1.29 is 23.5 Å². The number of allylic oxidation sites excluding steroid dienone is 1. The maximum absolute atomic E-state index is 14.3. The second kappa shape index (κ2) is 9.50. The van der Waals surface area contributed by atoms with E-state index in [1.165, 1.54) is 4.90 Å². The molecule has 3 aliphatic rings. The van der Waals surface area contributed by atoms with E-state index in [4.69, 9.17) is 0 Å². The topological polar surface area (TPSA) is 104 Å². The largest absolute Gasteiger partial charge is 0.396 e. The molecule has 4 atom stereocenters. The van der Waals surface area contributed by atoms with E-state index in [1.54, 1.807) is 35.8 Å². The van der Waals surface area contributed by atoms with Crippen molar-refractivity contribution in [2.75, 3.05) is 18.5 Å². The highest BCUT2D eigenvalue weighted by Gasteiger charge is 2.57. The van der Waals surface area contributed by atoms with Gasteiger partial charge in [-0.2, -0.15) is 0 Å². The molecular formula is C26H28F2N4O4. The van der Waals surface area contributed by atoms with Crippen LogP contribution < -0.4 is 16.2 Å². The van der Waals surface area contributed by atoms with Crippen LogP contribution in [0.3, 0.4) is 0 Å². The van der Waals surface area contributed by atoms with Crippen molar-refractivity contribution in [2.45, 2.75) is 38.4 Å². The Morgan fingerprint density at radius 2 is 1.97 bits per heavy atom. The summed E-state index contributed by atoms with van der Waals surface area (Å²) in [5, 5.41) is 15.7. The first-order valence-electron chi connectivity index (χ1n) is 12.1. The number of anilines is 1. The number of aromatic nitrogens is 1. The number of benzene rings is 1. The second-order valence-electron chi connectivity index (χ2n) is 9.66. The molecule has 2 bridgehead atoms. The number of aliphatic hydroxyl groups excluding tert-OH is 1. The first-order chi connectivity index (χ1) is 17.3. The van der Waals surface area contributed by atoms with Gasteiger partial charge in [0, 0.05) is 42.9 Å². The van der Waals surface area contributed by atoms with Crippen molar-refractivity contribution in [2.24, 2.45) is 17.8 Å². The minimum atomic E-state index is -0.871. The zero-order valence-electron chi connectivity index (χ0n) is 19.8. The van der Waals surface area contributed by atoms with Crippen LogP contribution in [0.1, 0.15) is 37.1 Å². The van der Waals surface area contributed by atoms with Gasteiger partial charge in [-0.1, -0.05) is 12.2 Å². The lowest BCUT2D eigenvalue weighted by atomic mass is 9.86. The van der Waals surface area contributed by atoms with Crippen molar-refractivity contribution in [3.8, 4) is 0 Å². The SMILES string of the molecule is C/C=C\c1ccc2n(c1=O)C[C@H]1[C@H](CO)[C@@H](C(=O)NCC3CC3)[C@@H]2N1C(=O)Nc1cc(F)ccc1F. The van der Waals surface area contributed by atoms with Gasteiger partial charge >= 0.3 is 6.03 Å². The Morgan fingerprint density at radius 3 is 2.67 bits per heavy atom. The van der Waals surface area contributed by atoms with Crippen molar-refractivity contribution >= 4 is 23.7 Å². The van der Waals surface area contributed by atoms with E-state index in [-0.39, 0.29) is 30.3 Å². The van der Waals surface area contributed by atoms with Gasteiger partial charge < -0.3 is 25.2 Å². The summed E-state index contributed by atoms with van der Waals surface area (Å²) in [5.41, 5.74) is 0.339. The van der Waals surface area contributed by atoms with Gasteiger partial charge in [-0.15, -0.1) is 0 Å². The lowest BCUT2D eigenvalue weighted by Gasteiger charge is -2.38. The van der Waals surface area contributed by atoms with E-state index < -0.39 is 41.6 Å². The lowest BCUT2D eigenvalue weighted by molar-refractivity contribution is -0.127. The normalized spacial score (nSPS) is 24.6. The van der Waals surface area contributed by atoms with Crippen molar-refractivity contribution in [1.82, 2.24) is 14.8 Å². The van der Waals surface area contributed by atoms with Gasteiger partial charge in [0.05, 0.1) is 23.7 Å². The van der Waals surface area contributed by atoms with E-state index in [1.807, 2.05) is 0 Å². The predicted molar refractivity (Wildman–Crippen MR) is 129 cm³/mol. The Hall–Kier alpha value is -3.53. The Labute approximate surface area is 206 Å². The molecule has 3 amide bonds. The van der Waals surface area contributed by atoms with Gasteiger partial charge in [-0.25, -0.2) is 13.6 Å². The van der Waals surface area contributed by atoms with E-state index in [0.717, 1.165) is 31.0 Å². The van der Waals surface area contributed by atoms with Crippen molar-refractivity contribution in [1.29, 1.82) is 0 Å². The number of fused-ring (bicyclic) bond motifs is 4. The summed E-state index contributed by atoms with van der Waals surface area (Å²) in [6, 6.07) is 3.78. The van der Waals surface area contributed by atoms with Gasteiger partial charge in [0.1, 0.15) is 11.6 Å². The summed E-state index contributed by atoms with van der Waals surface area (Å²) in [6.07, 6.45) is 5.52. The molecule has 2 aliphatic heterocycles. The fourth-order valence-electron chi connectivity index (χ4n) is 5.47. The number of halogens is 2. The summed E-state index contributed by atoms with van der Waals surface area (Å²) in [6.45, 7) is 1.99. The molecule has 1 aromatic heterocycles. The monoisotopic (exact) mass is 498 g/mol. The predicted octanol–water partition coefficient (Wildman–Crippen LogP) is 2.88. The number of hydrogen-bond donors (Lipinski definition) is 3. The summed E-state index contributed by atoms with van der Waals surface area (Å²) < 4.78 is 29.6. The molecule has 3 heterocycles. The molecule has 2 fully saturated rings. The fourth-order valence-corrected chi connectivity index (χ4v) is 5.47. The molecule has 1 aromatic carbocycles. The molecular weight excluding hydrogens is 470 g/mol. The third-order valence-electron chi connectivity index (χ3n) is 7.39. The third kappa shape index (κ3) is 4.19. The van der Waals surface area contributed by atoms with E-state index in [2.05, 4.69) is 10.6 Å². The van der Waals surface area contributed by atoms with Crippen LogP contribution in [-0.4, -0.2) is 45.7 Å². The molecule has 36 heavy (non-hydrogen) atoms. The number of aliphatic hydroxyl groups is 1. The third-order valence-corrected chi connectivity index (χ3v) is 7.39. The van der Waals surface area contributed by atoms with E-state index >= 15 is 0 Å². The lowest BCUT2D eigenvalue weighted by Crippen LogP contribution is -2.50. The number of rotatable bonds is 6. The van der Waals surface area contributed by atoms with Crippen molar-refractivity contribution in [3.63, 3.8) is 0 Å². The average Bonchev–Trinajstić information content (AvgIpc) is 3.65. The second-order valence-corrected chi connectivity index (χ2v) is 9.66. The summed E-state index contributed by atoms with van der Waals surface area (Å²) in [5.74, 6) is -2.87. The summed E-state index contributed by atoms with van der Waals surface area (Å²) >= 11 is 0. The molecule has 1 aliphatic carbocycles. The van der Waals surface area contributed by atoms with Gasteiger partial charge in [-0.3, -0.25) is 9.59 Å². The van der Waals surface area contributed by atoms with Crippen LogP contribution in [0.15, 0.2) is 41.2 Å². The van der Waals surface area contributed by atoms with Gasteiger partial charge in [0.2, 0.25) is 5.91 Å². The molecule has 1 saturated carbocycles. The van der Waals surface area contributed by atoms with E-state index in [9.17, 15) is 28.3 Å². The highest BCUT2D eigenvalue weighted by atomic mass is 19.1.